The van der Waals surface area contributed by atoms with Gasteiger partial charge in [0.05, 0.1) is 10.6 Å². The summed E-state index contributed by atoms with van der Waals surface area (Å²) in [6.07, 6.45) is 1.95. The molecular formula is C9H5ClN2O2. The lowest BCUT2D eigenvalue weighted by molar-refractivity contribution is 0.112. The van der Waals surface area contributed by atoms with E-state index >= 15 is 0 Å². The molecular weight excluding hydrogens is 204 g/mol. The zero-order valence-electron chi connectivity index (χ0n) is 6.98. The maximum atomic E-state index is 10.4. The van der Waals surface area contributed by atoms with Gasteiger partial charge in [-0.05, 0) is 12.1 Å². The molecule has 0 saturated heterocycles. The Kier molecular flexibility index (Phi) is 2.28. The molecule has 4 nitrogen and oxygen atoms in total. The summed E-state index contributed by atoms with van der Waals surface area (Å²) in [5, 5.41) is 7.67. The van der Waals surface area contributed by atoms with Crippen molar-refractivity contribution in [2.45, 2.75) is 0 Å². The quantitative estimate of drug-likeness (QED) is 0.710. The molecule has 70 valence electrons. The number of rotatable bonds is 2. The minimum atomic E-state index is 0.340. The molecule has 0 amide bonds. The monoisotopic (exact) mass is 208 g/mol. The molecule has 0 atom stereocenters. The second-order valence-corrected chi connectivity index (χ2v) is 3.01. The molecule has 1 heterocycles. The van der Waals surface area contributed by atoms with Gasteiger partial charge in [0.2, 0.25) is 12.3 Å². The molecule has 0 aliphatic carbocycles. The van der Waals surface area contributed by atoms with Crippen molar-refractivity contribution >= 4 is 17.9 Å². The highest BCUT2D eigenvalue weighted by Crippen LogP contribution is 2.26. The fraction of sp³-hybridized carbons (Fsp3) is 0. The Morgan fingerprint density at radius 1 is 1.43 bits per heavy atom. The first-order valence-electron chi connectivity index (χ1n) is 3.82. The van der Waals surface area contributed by atoms with Gasteiger partial charge in [0.1, 0.15) is 6.29 Å². The van der Waals surface area contributed by atoms with E-state index in [0.29, 0.717) is 22.0 Å². The summed E-state index contributed by atoms with van der Waals surface area (Å²) in [5.74, 6) is 0.340. The predicted octanol–water partition coefficient (Wildman–Crippen LogP) is 2.20. The van der Waals surface area contributed by atoms with Gasteiger partial charge in [-0.25, -0.2) is 0 Å². The van der Waals surface area contributed by atoms with Crippen LogP contribution in [0.25, 0.3) is 11.5 Å². The Balaban J connectivity index is 2.51. The number of aromatic nitrogens is 2. The topological polar surface area (TPSA) is 56.0 Å². The Morgan fingerprint density at radius 2 is 2.29 bits per heavy atom. The van der Waals surface area contributed by atoms with Crippen LogP contribution in [0.2, 0.25) is 5.02 Å². The van der Waals surface area contributed by atoms with Crippen molar-refractivity contribution in [3.63, 3.8) is 0 Å². The highest BCUT2D eigenvalue weighted by molar-refractivity contribution is 6.33. The van der Waals surface area contributed by atoms with E-state index in [0.717, 1.165) is 6.29 Å². The van der Waals surface area contributed by atoms with Gasteiger partial charge >= 0.3 is 0 Å². The summed E-state index contributed by atoms with van der Waals surface area (Å²) >= 11 is 5.91. The first kappa shape index (κ1) is 8.90. The van der Waals surface area contributed by atoms with Crippen molar-refractivity contribution in [2.75, 3.05) is 0 Å². The van der Waals surface area contributed by atoms with Crippen LogP contribution in [0.15, 0.2) is 29.0 Å². The van der Waals surface area contributed by atoms with Crippen molar-refractivity contribution < 1.29 is 9.21 Å². The third-order valence-corrected chi connectivity index (χ3v) is 2.03. The van der Waals surface area contributed by atoms with E-state index in [9.17, 15) is 4.79 Å². The second kappa shape index (κ2) is 3.59. The van der Waals surface area contributed by atoms with Crippen molar-refractivity contribution in [3.8, 4) is 11.5 Å². The van der Waals surface area contributed by atoms with Gasteiger partial charge in [0, 0.05) is 5.56 Å². The molecule has 0 aliphatic heterocycles. The Bertz CT molecular complexity index is 454. The lowest BCUT2D eigenvalue weighted by atomic mass is 10.1. The summed E-state index contributed by atoms with van der Waals surface area (Å²) in [5.41, 5.74) is 1.13. The second-order valence-electron chi connectivity index (χ2n) is 2.60. The maximum absolute atomic E-state index is 10.4. The SMILES string of the molecule is O=Cc1ccc(-c2nnco2)c(Cl)c1. The van der Waals surface area contributed by atoms with Gasteiger partial charge < -0.3 is 4.42 Å². The Morgan fingerprint density at radius 3 is 2.86 bits per heavy atom. The first-order chi connectivity index (χ1) is 6.81. The molecule has 0 saturated carbocycles. The van der Waals surface area contributed by atoms with Crippen molar-refractivity contribution in [1.29, 1.82) is 0 Å². The fourth-order valence-electron chi connectivity index (χ4n) is 1.07. The molecule has 0 unspecified atom stereocenters. The van der Waals surface area contributed by atoms with Crippen LogP contribution < -0.4 is 0 Å². The number of benzene rings is 1. The Hall–Kier alpha value is -1.68. The fourth-order valence-corrected chi connectivity index (χ4v) is 1.34. The molecule has 0 aliphatic rings. The van der Waals surface area contributed by atoms with E-state index in [1.807, 2.05) is 0 Å². The highest BCUT2D eigenvalue weighted by atomic mass is 35.5. The van der Waals surface area contributed by atoms with Crippen LogP contribution in [0.3, 0.4) is 0 Å². The standard InChI is InChI=1S/C9H5ClN2O2/c10-8-3-6(4-13)1-2-7(8)9-12-11-5-14-9/h1-5H. The van der Waals surface area contributed by atoms with Crippen LogP contribution in [0.1, 0.15) is 10.4 Å². The van der Waals surface area contributed by atoms with Crippen molar-refractivity contribution in [1.82, 2.24) is 10.2 Å². The van der Waals surface area contributed by atoms with E-state index in [2.05, 4.69) is 10.2 Å². The average molecular weight is 209 g/mol. The molecule has 0 fully saturated rings. The zero-order chi connectivity index (χ0) is 9.97. The molecule has 0 radical (unpaired) electrons. The van der Waals surface area contributed by atoms with E-state index < -0.39 is 0 Å². The van der Waals surface area contributed by atoms with Crippen molar-refractivity contribution in [2.24, 2.45) is 0 Å². The van der Waals surface area contributed by atoms with Gasteiger partial charge in [-0.15, -0.1) is 10.2 Å². The third kappa shape index (κ3) is 1.52. The van der Waals surface area contributed by atoms with Crippen molar-refractivity contribution in [3.05, 3.63) is 35.2 Å². The molecule has 5 heteroatoms. The minimum Gasteiger partial charge on any atom is -0.423 e. The van der Waals surface area contributed by atoms with Crippen LogP contribution >= 0.6 is 11.6 Å². The summed E-state index contributed by atoms with van der Waals surface area (Å²) < 4.78 is 4.98. The number of halogens is 1. The smallest absolute Gasteiger partial charge is 0.248 e. The minimum absolute atomic E-state index is 0.340. The third-order valence-electron chi connectivity index (χ3n) is 1.72. The van der Waals surface area contributed by atoms with E-state index in [4.69, 9.17) is 16.0 Å². The summed E-state index contributed by atoms with van der Waals surface area (Å²) in [7, 11) is 0. The van der Waals surface area contributed by atoms with Gasteiger partial charge in [-0.2, -0.15) is 0 Å². The van der Waals surface area contributed by atoms with E-state index in [-0.39, 0.29) is 0 Å². The molecule has 0 bridgehead atoms. The van der Waals surface area contributed by atoms with Crippen LogP contribution in [0, 0.1) is 0 Å². The average Bonchev–Trinajstić information content (AvgIpc) is 2.70. The van der Waals surface area contributed by atoms with Gasteiger partial charge in [0.25, 0.3) is 0 Å². The van der Waals surface area contributed by atoms with Crippen LogP contribution in [-0.4, -0.2) is 16.5 Å². The number of hydrogen-bond donors (Lipinski definition) is 0. The van der Waals surface area contributed by atoms with E-state index in [1.165, 1.54) is 6.39 Å². The number of hydrogen-bond acceptors (Lipinski definition) is 4. The number of carbonyl (C=O) groups is 1. The van der Waals surface area contributed by atoms with Gasteiger partial charge in [0.15, 0.2) is 0 Å². The summed E-state index contributed by atoms with van der Waals surface area (Å²) in [6.45, 7) is 0. The zero-order valence-corrected chi connectivity index (χ0v) is 7.73. The van der Waals surface area contributed by atoms with Crippen LogP contribution in [0.4, 0.5) is 0 Å². The summed E-state index contributed by atoms with van der Waals surface area (Å²) in [4.78, 5) is 10.4. The van der Waals surface area contributed by atoms with E-state index in [1.54, 1.807) is 18.2 Å². The van der Waals surface area contributed by atoms with Gasteiger partial charge in [-0.1, -0.05) is 17.7 Å². The van der Waals surface area contributed by atoms with Crippen LogP contribution in [-0.2, 0) is 0 Å². The number of aldehydes is 1. The maximum Gasteiger partial charge on any atom is 0.248 e. The number of carbonyl (C=O) groups excluding carboxylic acids is 1. The largest absolute Gasteiger partial charge is 0.423 e. The Labute approximate surface area is 84.5 Å². The van der Waals surface area contributed by atoms with Gasteiger partial charge in [-0.3, -0.25) is 4.79 Å². The molecule has 1 aromatic heterocycles. The number of nitrogens with zero attached hydrogens (tertiary/aromatic N) is 2. The molecule has 1 aromatic carbocycles. The van der Waals surface area contributed by atoms with Crippen LogP contribution in [0.5, 0.6) is 0 Å². The molecule has 0 spiro atoms. The lowest BCUT2D eigenvalue weighted by Gasteiger charge is -1.98. The lowest BCUT2D eigenvalue weighted by Crippen LogP contribution is -1.84. The predicted molar refractivity (Wildman–Crippen MR) is 50.1 cm³/mol. The molecule has 2 rings (SSSR count). The highest BCUT2D eigenvalue weighted by Gasteiger charge is 2.08. The molecule has 0 N–H and O–H groups in total. The molecule has 14 heavy (non-hydrogen) atoms. The first-order valence-corrected chi connectivity index (χ1v) is 4.20. The normalized spacial score (nSPS) is 10.1. The molecule has 2 aromatic rings. The summed E-state index contributed by atoms with van der Waals surface area (Å²) in [6, 6.07) is 4.85.